The van der Waals surface area contributed by atoms with Gasteiger partial charge in [0.25, 0.3) is 0 Å². The monoisotopic (exact) mass is 310 g/mol. The minimum absolute atomic E-state index is 0.355. The van der Waals surface area contributed by atoms with Crippen molar-refractivity contribution in [1.29, 1.82) is 0 Å². The van der Waals surface area contributed by atoms with Gasteiger partial charge >= 0.3 is 0 Å². The fraction of sp³-hybridized carbons (Fsp3) is 0.625. The van der Waals surface area contributed by atoms with E-state index in [1.54, 1.807) is 0 Å². The molecule has 0 aliphatic carbocycles. The van der Waals surface area contributed by atoms with E-state index in [2.05, 4.69) is 15.9 Å². The normalized spacial score (nSPS) is 17.9. The van der Waals surface area contributed by atoms with E-state index in [4.69, 9.17) is 4.74 Å². The zero-order chi connectivity index (χ0) is 15.1. The average Bonchev–Trinajstić information content (AvgIpc) is 2.47. The van der Waals surface area contributed by atoms with E-state index in [1.807, 2.05) is 44.1 Å². The van der Waals surface area contributed by atoms with Crippen molar-refractivity contribution >= 4 is 11.8 Å². The van der Waals surface area contributed by atoms with Gasteiger partial charge in [-0.3, -0.25) is 4.90 Å². The zero-order valence-corrected chi connectivity index (χ0v) is 13.8. The van der Waals surface area contributed by atoms with Crippen LogP contribution in [0.3, 0.4) is 0 Å². The van der Waals surface area contributed by atoms with E-state index in [0.717, 1.165) is 30.9 Å². The quantitative estimate of drug-likeness (QED) is 0.826. The van der Waals surface area contributed by atoms with Crippen LogP contribution in [-0.4, -0.2) is 72.9 Å². The van der Waals surface area contributed by atoms with Gasteiger partial charge in [-0.25, -0.2) is 0 Å². The smallest absolute Gasteiger partial charge is 0.123 e. The van der Waals surface area contributed by atoms with Crippen LogP contribution in [0.15, 0.2) is 24.3 Å². The predicted molar refractivity (Wildman–Crippen MR) is 89.1 cm³/mol. The van der Waals surface area contributed by atoms with E-state index in [0.29, 0.717) is 13.2 Å². The fourth-order valence-electron chi connectivity index (χ4n) is 2.44. The number of ether oxygens (including phenoxy) is 1. The molecule has 0 saturated carbocycles. The number of rotatable bonds is 7. The number of aliphatic hydroxyl groups is 1. The Morgan fingerprint density at radius 3 is 2.71 bits per heavy atom. The summed E-state index contributed by atoms with van der Waals surface area (Å²) >= 11 is 1.98. The summed E-state index contributed by atoms with van der Waals surface area (Å²) in [5.74, 6) is 3.21. The highest BCUT2D eigenvalue weighted by Gasteiger charge is 2.15. The average molecular weight is 310 g/mol. The summed E-state index contributed by atoms with van der Waals surface area (Å²) in [6, 6.07) is 8.04. The maximum absolute atomic E-state index is 10.2. The number of para-hydroxylation sites is 1. The highest BCUT2D eigenvalue weighted by atomic mass is 32.2. The molecule has 2 rings (SSSR count). The molecule has 1 saturated heterocycles. The highest BCUT2D eigenvalue weighted by Crippen LogP contribution is 2.19. The molecule has 1 atom stereocenters. The molecule has 1 heterocycles. The number of aliphatic hydroxyl groups excluding tert-OH is 1. The minimum Gasteiger partial charge on any atom is -0.491 e. The Bertz CT molecular complexity index is 422. The van der Waals surface area contributed by atoms with Crippen LogP contribution < -0.4 is 4.74 Å². The fourth-order valence-corrected chi connectivity index (χ4v) is 3.42. The van der Waals surface area contributed by atoms with Crippen LogP contribution in [0.2, 0.25) is 0 Å². The van der Waals surface area contributed by atoms with Gasteiger partial charge in [-0.2, -0.15) is 11.8 Å². The van der Waals surface area contributed by atoms with Gasteiger partial charge in [0.2, 0.25) is 0 Å². The van der Waals surface area contributed by atoms with Gasteiger partial charge in [-0.1, -0.05) is 18.2 Å². The van der Waals surface area contributed by atoms with Crippen LogP contribution in [0.4, 0.5) is 0 Å². The summed E-state index contributed by atoms with van der Waals surface area (Å²) in [7, 11) is 4.08. The van der Waals surface area contributed by atoms with Gasteiger partial charge in [0, 0.05) is 43.2 Å². The number of hydrogen-bond donors (Lipinski definition) is 1. The van der Waals surface area contributed by atoms with E-state index in [-0.39, 0.29) is 0 Å². The molecule has 21 heavy (non-hydrogen) atoms. The lowest BCUT2D eigenvalue weighted by Crippen LogP contribution is -2.40. The number of β-amino-alcohol motifs (C(OH)–C–C–N with tert-alkyl or cyclic N) is 1. The lowest BCUT2D eigenvalue weighted by atomic mass is 10.2. The standard InChI is InChI=1S/C16H26N2O2S/c1-17(2)11-14-5-3-4-6-16(14)20-13-15(19)12-18-7-9-21-10-8-18/h3-6,15,19H,7-13H2,1-2H3/t15-/m1/s1. The van der Waals surface area contributed by atoms with E-state index < -0.39 is 6.10 Å². The van der Waals surface area contributed by atoms with Gasteiger partial charge < -0.3 is 14.7 Å². The molecule has 1 fully saturated rings. The van der Waals surface area contributed by atoms with Crippen molar-refractivity contribution in [1.82, 2.24) is 9.80 Å². The van der Waals surface area contributed by atoms with Gasteiger partial charge in [-0.05, 0) is 20.2 Å². The Balaban J connectivity index is 1.81. The first kappa shape index (κ1) is 16.6. The van der Waals surface area contributed by atoms with Gasteiger partial charge in [-0.15, -0.1) is 0 Å². The Hall–Kier alpha value is -0.750. The van der Waals surface area contributed by atoms with Crippen molar-refractivity contribution in [3.63, 3.8) is 0 Å². The maximum Gasteiger partial charge on any atom is 0.123 e. The van der Waals surface area contributed by atoms with Gasteiger partial charge in [0.1, 0.15) is 18.5 Å². The van der Waals surface area contributed by atoms with E-state index >= 15 is 0 Å². The Morgan fingerprint density at radius 1 is 1.29 bits per heavy atom. The van der Waals surface area contributed by atoms with Crippen molar-refractivity contribution in [2.24, 2.45) is 0 Å². The summed E-state index contributed by atoms with van der Waals surface area (Å²) in [5.41, 5.74) is 1.16. The molecular weight excluding hydrogens is 284 g/mol. The summed E-state index contributed by atoms with van der Waals surface area (Å²) < 4.78 is 5.83. The molecule has 0 amide bonds. The second-order valence-corrected chi connectivity index (χ2v) is 6.95. The molecule has 0 radical (unpaired) electrons. The Kier molecular flexibility index (Phi) is 6.83. The molecule has 0 aromatic heterocycles. The minimum atomic E-state index is -0.430. The number of thioether (sulfide) groups is 1. The molecule has 0 unspecified atom stereocenters. The van der Waals surface area contributed by atoms with Crippen LogP contribution >= 0.6 is 11.8 Å². The lowest BCUT2D eigenvalue weighted by molar-refractivity contribution is 0.0710. The molecule has 1 N–H and O–H groups in total. The van der Waals surface area contributed by atoms with Crippen molar-refractivity contribution < 1.29 is 9.84 Å². The SMILES string of the molecule is CN(C)Cc1ccccc1OC[C@H](O)CN1CCSCC1. The third-order valence-electron chi connectivity index (χ3n) is 3.46. The molecule has 1 aliphatic heterocycles. The molecule has 1 aromatic carbocycles. The van der Waals surface area contributed by atoms with Crippen molar-refractivity contribution in [2.75, 3.05) is 51.8 Å². The van der Waals surface area contributed by atoms with Crippen molar-refractivity contribution in [3.8, 4) is 5.75 Å². The second kappa shape index (κ2) is 8.63. The van der Waals surface area contributed by atoms with E-state index in [9.17, 15) is 5.11 Å². The summed E-state index contributed by atoms with van der Waals surface area (Å²) in [6.07, 6.45) is -0.430. The molecular formula is C16H26N2O2S. The molecule has 4 nitrogen and oxygen atoms in total. The van der Waals surface area contributed by atoms with Crippen LogP contribution in [-0.2, 0) is 6.54 Å². The van der Waals surface area contributed by atoms with Crippen molar-refractivity contribution in [3.05, 3.63) is 29.8 Å². The topological polar surface area (TPSA) is 35.9 Å². The van der Waals surface area contributed by atoms with Gasteiger partial charge in [0.05, 0.1) is 0 Å². The summed E-state index contributed by atoms with van der Waals surface area (Å²) in [6.45, 7) is 4.04. The molecule has 5 heteroatoms. The Morgan fingerprint density at radius 2 is 2.00 bits per heavy atom. The second-order valence-electron chi connectivity index (χ2n) is 5.72. The first-order valence-electron chi connectivity index (χ1n) is 7.49. The van der Waals surface area contributed by atoms with Gasteiger partial charge in [0.15, 0.2) is 0 Å². The van der Waals surface area contributed by atoms with Crippen LogP contribution in [0.1, 0.15) is 5.56 Å². The molecule has 118 valence electrons. The van der Waals surface area contributed by atoms with Crippen LogP contribution in [0.5, 0.6) is 5.75 Å². The summed E-state index contributed by atoms with van der Waals surface area (Å²) in [5, 5.41) is 10.2. The largest absolute Gasteiger partial charge is 0.491 e. The van der Waals surface area contributed by atoms with Crippen molar-refractivity contribution in [2.45, 2.75) is 12.6 Å². The first-order valence-corrected chi connectivity index (χ1v) is 8.64. The summed E-state index contributed by atoms with van der Waals surface area (Å²) in [4.78, 5) is 4.43. The maximum atomic E-state index is 10.2. The third kappa shape index (κ3) is 5.87. The molecule has 0 bridgehead atoms. The zero-order valence-electron chi connectivity index (χ0n) is 13.0. The highest BCUT2D eigenvalue weighted by molar-refractivity contribution is 7.99. The van der Waals surface area contributed by atoms with E-state index in [1.165, 1.54) is 11.5 Å². The van der Waals surface area contributed by atoms with Crippen LogP contribution in [0, 0.1) is 0 Å². The number of hydrogen-bond acceptors (Lipinski definition) is 5. The molecule has 0 spiro atoms. The number of nitrogens with zero attached hydrogens (tertiary/aromatic N) is 2. The lowest BCUT2D eigenvalue weighted by Gasteiger charge is -2.28. The number of benzene rings is 1. The Labute approximate surface area is 132 Å². The molecule has 1 aromatic rings. The third-order valence-corrected chi connectivity index (χ3v) is 4.41. The molecule has 1 aliphatic rings. The van der Waals surface area contributed by atoms with Crippen LogP contribution in [0.25, 0.3) is 0 Å². The predicted octanol–water partition coefficient (Wildman–Crippen LogP) is 1.54. The first-order chi connectivity index (χ1) is 10.1.